The molecule has 0 saturated heterocycles. The number of hydrogen-bond acceptors (Lipinski definition) is 2. The van der Waals surface area contributed by atoms with E-state index in [1.807, 2.05) is 13.8 Å². The van der Waals surface area contributed by atoms with Gasteiger partial charge in [0.05, 0.1) is 5.02 Å². The van der Waals surface area contributed by atoms with Crippen LogP contribution in [-0.4, -0.2) is 5.11 Å². The van der Waals surface area contributed by atoms with Gasteiger partial charge in [-0.3, -0.25) is 0 Å². The maximum absolute atomic E-state index is 9.58. The van der Waals surface area contributed by atoms with Crippen LogP contribution in [0.15, 0.2) is 16.6 Å². The minimum Gasteiger partial charge on any atom is -0.508 e. The van der Waals surface area contributed by atoms with Crippen molar-refractivity contribution in [3.05, 3.63) is 27.2 Å². The molecule has 13 heavy (non-hydrogen) atoms. The molecule has 4 heteroatoms. The van der Waals surface area contributed by atoms with Gasteiger partial charge in [0.1, 0.15) is 5.75 Å². The third-order valence-corrected chi connectivity index (χ3v) is 2.93. The normalized spacial score (nSPS) is 11.8. The second-order valence-corrected chi connectivity index (χ2v) is 4.77. The Labute approximate surface area is 90.8 Å². The van der Waals surface area contributed by atoms with Crippen LogP contribution in [0.25, 0.3) is 0 Å². The number of phenolic OH excluding ortho intramolecular Hbond substituents is 1. The molecule has 0 aliphatic carbocycles. The summed E-state index contributed by atoms with van der Waals surface area (Å²) in [5.41, 5.74) is 5.89. The van der Waals surface area contributed by atoms with Crippen molar-refractivity contribution >= 4 is 27.5 Å². The zero-order chi connectivity index (χ0) is 10.2. The van der Waals surface area contributed by atoms with Crippen LogP contribution < -0.4 is 5.73 Å². The van der Waals surface area contributed by atoms with E-state index in [9.17, 15) is 5.11 Å². The van der Waals surface area contributed by atoms with Crippen molar-refractivity contribution < 1.29 is 5.11 Å². The molecular formula is C9H11BrClNO. The molecule has 1 aromatic carbocycles. The Morgan fingerprint density at radius 3 is 2.46 bits per heavy atom. The maximum Gasteiger partial charge on any atom is 0.121 e. The van der Waals surface area contributed by atoms with Crippen molar-refractivity contribution in [3.63, 3.8) is 0 Å². The van der Waals surface area contributed by atoms with Gasteiger partial charge < -0.3 is 10.8 Å². The molecule has 0 aliphatic rings. The van der Waals surface area contributed by atoms with E-state index in [1.165, 1.54) is 0 Å². The summed E-state index contributed by atoms with van der Waals surface area (Å²) in [5.74, 6) is 0.156. The van der Waals surface area contributed by atoms with Crippen molar-refractivity contribution in [1.82, 2.24) is 0 Å². The minimum absolute atomic E-state index is 0.156. The van der Waals surface area contributed by atoms with Crippen LogP contribution in [0, 0.1) is 0 Å². The van der Waals surface area contributed by atoms with Gasteiger partial charge >= 0.3 is 0 Å². The predicted molar refractivity (Wildman–Crippen MR) is 58.0 cm³/mol. The highest BCUT2D eigenvalue weighted by Crippen LogP contribution is 2.34. The van der Waals surface area contributed by atoms with Gasteiger partial charge in [-0.25, -0.2) is 0 Å². The van der Waals surface area contributed by atoms with Crippen molar-refractivity contribution in [1.29, 1.82) is 0 Å². The third kappa shape index (κ3) is 2.36. The number of nitrogens with two attached hydrogens (primary N) is 1. The fraction of sp³-hybridized carbons (Fsp3) is 0.333. The van der Waals surface area contributed by atoms with Crippen molar-refractivity contribution in [2.24, 2.45) is 5.73 Å². The Hall–Kier alpha value is -0.250. The van der Waals surface area contributed by atoms with E-state index in [-0.39, 0.29) is 5.75 Å². The Morgan fingerprint density at radius 2 is 2.00 bits per heavy atom. The first kappa shape index (κ1) is 10.8. The van der Waals surface area contributed by atoms with Gasteiger partial charge in [0, 0.05) is 15.6 Å². The van der Waals surface area contributed by atoms with Crippen LogP contribution in [0.5, 0.6) is 5.75 Å². The summed E-state index contributed by atoms with van der Waals surface area (Å²) in [5, 5.41) is 10.1. The lowest BCUT2D eigenvalue weighted by Crippen LogP contribution is -2.28. The predicted octanol–water partition coefficient (Wildman–Crippen LogP) is 3.00. The summed E-state index contributed by atoms with van der Waals surface area (Å²) in [4.78, 5) is 0. The minimum atomic E-state index is -0.589. The fourth-order valence-electron chi connectivity index (χ4n) is 1.05. The first-order valence-corrected chi connectivity index (χ1v) is 4.97. The van der Waals surface area contributed by atoms with Gasteiger partial charge in [0.2, 0.25) is 0 Å². The highest BCUT2D eigenvalue weighted by molar-refractivity contribution is 9.10. The van der Waals surface area contributed by atoms with Crippen LogP contribution in [-0.2, 0) is 5.54 Å². The molecular weight excluding hydrogens is 253 g/mol. The van der Waals surface area contributed by atoms with E-state index in [4.69, 9.17) is 17.3 Å². The van der Waals surface area contributed by atoms with Crippen LogP contribution >= 0.6 is 27.5 Å². The van der Waals surface area contributed by atoms with Gasteiger partial charge in [0.25, 0.3) is 0 Å². The average Bonchev–Trinajstić information content (AvgIpc) is 1.94. The van der Waals surface area contributed by atoms with Gasteiger partial charge in [-0.2, -0.15) is 0 Å². The lowest BCUT2D eigenvalue weighted by molar-refractivity contribution is 0.440. The molecule has 0 atom stereocenters. The molecule has 0 fully saturated rings. The number of rotatable bonds is 1. The molecule has 1 rings (SSSR count). The Balaban J connectivity index is 3.32. The highest BCUT2D eigenvalue weighted by atomic mass is 79.9. The van der Waals surface area contributed by atoms with Crippen LogP contribution in [0.1, 0.15) is 19.4 Å². The second kappa shape index (κ2) is 3.48. The Morgan fingerprint density at radius 1 is 1.46 bits per heavy atom. The largest absolute Gasteiger partial charge is 0.508 e. The molecule has 0 bridgehead atoms. The van der Waals surface area contributed by atoms with E-state index in [0.29, 0.717) is 15.1 Å². The smallest absolute Gasteiger partial charge is 0.121 e. The molecule has 2 nitrogen and oxygen atoms in total. The topological polar surface area (TPSA) is 46.2 Å². The fourth-order valence-corrected chi connectivity index (χ4v) is 1.55. The zero-order valence-corrected chi connectivity index (χ0v) is 9.78. The zero-order valence-electron chi connectivity index (χ0n) is 7.44. The number of phenols is 1. The SMILES string of the molecule is CC(C)(N)c1cc(Cl)c(Br)cc1O. The number of halogens is 2. The molecule has 0 unspecified atom stereocenters. The van der Waals surface area contributed by atoms with Gasteiger partial charge in [0.15, 0.2) is 0 Å². The molecule has 0 aliphatic heterocycles. The van der Waals surface area contributed by atoms with E-state index >= 15 is 0 Å². The summed E-state index contributed by atoms with van der Waals surface area (Å²) in [6.45, 7) is 3.62. The molecule has 0 aromatic heterocycles. The van der Waals surface area contributed by atoms with E-state index < -0.39 is 5.54 Å². The molecule has 72 valence electrons. The van der Waals surface area contributed by atoms with Gasteiger partial charge in [-0.15, -0.1) is 0 Å². The van der Waals surface area contributed by atoms with E-state index in [1.54, 1.807) is 12.1 Å². The summed E-state index contributed by atoms with van der Waals surface area (Å²) >= 11 is 9.09. The first-order chi connectivity index (χ1) is 5.82. The average molecular weight is 265 g/mol. The van der Waals surface area contributed by atoms with E-state index in [0.717, 1.165) is 0 Å². The molecule has 0 heterocycles. The van der Waals surface area contributed by atoms with Gasteiger partial charge in [-0.05, 0) is 41.9 Å². The summed E-state index contributed by atoms with van der Waals surface area (Å²) < 4.78 is 0.666. The summed E-state index contributed by atoms with van der Waals surface area (Å²) in [6, 6.07) is 3.22. The molecule has 0 spiro atoms. The lowest BCUT2D eigenvalue weighted by Gasteiger charge is -2.20. The van der Waals surface area contributed by atoms with Crippen LogP contribution in [0.4, 0.5) is 0 Å². The monoisotopic (exact) mass is 263 g/mol. The van der Waals surface area contributed by atoms with Crippen molar-refractivity contribution in [2.45, 2.75) is 19.4 Å². The number of aromatic hydroxyl groups is 1. The first-order valence-electron chi connectivity index (χ1n) is 3.79. The van der Waals surface area contributed by atoms with Crippen LogP contribution in [0.3, 0.4) is 0 Å². The molecule has 0 amide bonds. The van der Waals surface area contributed by atoms with Crippen molar-refractivity contribution in [3.8, 4) is 5.75 Å². The maximum atomic E-state index is 9.58. The Kier molecular flexibility index (Phi) is 2.90. The molecule has 3 N–H and O–H groups in total. The number of benzene rings is 1. The standard InChI is InChI=1S/C9H11BrClNO/c1-9(2,12)5-3-7(11)6(10)4-8(5)13/h3-4,13H,12H2,1-2H3. The summed E-state index contributed by atoms with van der Waals surface area (Å²) in [7, 11) is 0. The Bertz CT molecular complexity index is 333. The van der Waals surface area contributed by atoms with Gasteiger partial charge in [-0.1, -0.05) is 11.6 Å². The molecule has 0 radical (unpaired) electrons. The highest BCUT2D eigenvalue weighted by Gasteiger charge is 2.19. The van der Waals surface area contributed by atoms with E-state index in [2.05, 4.69) is 15.9 Å². The quantitative estimate of drug-likeness (QED) is 0.819. The molecule has 1 aromatic rings. The third-order valence-electron chi connectivity index (χ3n) is 1.73. The summed E-state index contributed by atoms with van der Waals surface area (Å²) in [6.07, 6.45) is 0. The van der Waals surface area contributed by atoms with Crippen LogP contribution in [0.2, 0.25) is 5.02 Å². The number of hydrogen-bond donors (Lipinski definition) is 2. The molecule has 0 saturated carbocycles. The second-order valence-electron chi connectivity index (χ2n) is 3.51. The van der Waals surface area contributed by atoms with Crippen molar-refractivity contribution in [2.75, 3.05) is 0 Å². The lowest BCUT2D eigenvalue weighted by atomic mass is 9.95.